The molecule has 0 N–H and O–H groups in total. The molecule has 109 valence electrons. The number of rotatable bonds is 2. The van der Waals surface area contributed by atoms with E-state index in [0.717, 1.165) is 5.65 Å². The summed E-state index contributed by atoms with van der Waals surface area (Å²) in [6, 6.07) is 6.34. The maximum atomic E-state index is 4.62. The standard InChI is InChI=1S/C18H23N2Si/c1-12-13(2)15(4)17(14(12)3)21(5,6)20-11-9-16-8-7-10-19-18(16)20/h7-11H,1-6H3. The summed E-state index contributed by atoms with van der Waals surface area (Å²) in [5.41, 5.74) is 2.69. The van der Waals surface area contributed by atoms with E-state index in [2.05, 4.69) is 68.3 Å². The Labute approximate surface area is 129 Å². The maximum Gasteiger partial charge on any atom is 0.165 e. The van der Waals surface area contributed by atoms with Crippen LogP contribution in [0.5, 0.6) is 0 Å². The van der Waals surface area contributed by atoms with Gasteiger partial charge in [0.2, 0.25) is 0 Å². The highest BCUT2D eigenvalue weighted by Crippen LogP contribution is 2.55. The molecule has 3 heteroatoms. The molecule has 1 fully saturated rings. The summed E-state index contributed by atoms with van der Waals surface area (Å²) in [5, 5.41) is 1.23. The summed E-state index contributed by atoms with van der Waals surface area (Å²) in [4.78, 5) is 4.62. The second kappa shape index (κ2) is 4.98. The fourth-order valence-corrected chi connectivity index (χ4v) is 7.29. The van der Waals surface area contributed by atoms with E-state index in [4.69, 9.17) is 0 Å². The summed E-state index contributed by atoms with van der Waals surface area (Å²) in [7, 11) is -1.81. The molecule has 0 saturated heterocycles. The zero-order valence-electron chi connectivity index (χ0n) is 13.8. The SMILES string of the molecule is C[C]1[C](C)[C](C)[C]([Si](C)(C)n2ccc3cccnc32)[C]1C. The van der Waals surface area contributed by atoms with Gasteiger partial charge in [0.05, 0.1) is 0 Å². The highest BCUT2D eigenvalue weighted by atomic mass is 28.3. The summed E-state index contributed by atoms with van der Waals surface area (Å²) in [5.74, 6) is 5.85. The van der Waals surface area contributed by atoms with Crippen molar-refractivity contribution in [1.29, 1.82) is 0 Å². The van der Waals surface area contributed by atoms with Gasteiger partial charge in [0.1, 0.15) is 5.65 Å². The van der Waals surface area contributed by atoms with Crippen LogP contribution >= 0.6 is 0 Å². The first-order chi connectivity index (χ1) is 9.85. The van der Waals surface area contributed by atoms with E-state index in [-0.39, 0.29) is 0 Å². The average molecular weight is 295 g/mol. The third kappa shape index (κ3) is 2.09. The van der Waals surface area contributed by atoms with Gasteiger partial charge in [-0.2, -0.15) is 0 Å². The van der Waals surface area contributed by atoms with Crippen LogP contribution in [-0.2, 0) is 0 Å². The normalized spacial score (nSPS) is 20.9. The van der Waals surface area contributed by atoms with Crippen LogP contribution in [0.15, 0.2) is 30.6 Å². The fourth-order valence-electron chi connectivity index (χ4n) is 3.67. The van der Waals surface area contributed by atoms with Gasteiger partial charge < -0.3 is 4.23 Å². The Balaban J connectivity index is 2.08. The van der Waals surface area contributed by atoms with Gasteiger partial charge in [0.15, 0.2) is 8.24 Å². The van der Waals surface area contributed by atoms with E-state index in [9.17, 15) is 0 Å². The quantitative estimate of drug-likeness (QED) is 0.741. The van der Waals surface area contributed by atoms with Crippen molar-refractivity contribution < 1.29 is 0 Å². The molecule has 0 amide bonds. The number of hydrogen-bond acceptors (Lipinski definition) is 1. The van der Waals surface area contributed by atoms with E-state index in [1.807, 2.05) is 12.3 Å². The van der Waals surface area contributed by atoms with Gasteiger partial charge in [-0.1, -0.05) is 40.8 Å². The highest BCUT2D eigenvalue weighted by molar-refractivity contribution is 6.83. The largest absolute Gasteiger partial charge is 0.359 e. The predicted octanol–water partition coefficient (Wildman–Crippen LogP) is 4.59. The first kappa shape index (κ1) is 14.8. The summed E-state index contributed by atoms with van der Waals surface area (Å²) in [6.45, 7) is 13.9. The Morgan fingerprint density at radius 3 is 2.14 bits per heavy atom. The zero-order chi connectivity index (χ0) is 15.4. The molecule has 0 atom stereocenters. The third-order valence-corrected chi connectivity index (χ3v) is 8.64. The lowest BCUT2D eigenvalue weighted by Crippen LogP contribution is -2.46. The minimum absolute atomic E-state index is 1.12. The van der Waals surface area contributed by atoms with Gasteiger partial charge in [0.25, 0.3) is 0 Å². The van der Waals surface area contributed by atoms with Gasteiger partial charge in [-0.3, -0.25) is 0 Å². The van der Waals surface area contributed by atoms with Crippen LogP contribution in [0.2, 0.25) is 13.1 Å². The van der Waals surface area contributed by atoms with Crippen molar-refractivity contribution in [2.24, 2.45) is 0 Å². The van der Waals surface area contributed by atoms with Gasteiger partial charge in [-0.05, 0) is 48.1 Å². The molecule has 1 aliphatic rings. The number of aromatic nitrogens is 2. The minimum atomic E-state index is -1.81. The molecule has 3 rings (SSSR count). The summed E-state index contributed by atoms with van der Waals surface area (Å²) < 4.78 is 2.44. The van der Waals surface area contributed by atoms with Crippen LogP contribution in [0.25, 0.3) is 11.0 Å². The molecule has 0 bridgehead atoms. The lowest BCUT2D eigenvalue weighted by Gasteiger charge is -2.36. The van der Waals surface area contributed by atoms with Crippen LogP contribution in [-0.4, -0.2) is 17.5 Å². The predicted molar refractivity (Wildman–Crippen MR) is 91.5 cm³/mol. The molecule has 2 nitrogen and oxygen atoms in total. The smallest absolute Gasteiger partial charge is 0.165 e. The lowest BCUT2D eigenvalue weighted by molar-refractivity contribution is 0.973. The Bertz CT molecular complexity index is 631. The van der Waals surface area contributed by atoms with Crippen molar-refractivity contribution in [2.45, 2.75) is 40.8 Å². The van der Waals surface area contributed by atoms with Gasteiger partial charge in [-0.25, -0.2) is 4.98 Å². The molecular weight excluding hydrogens is 272 g/mol. The molecule has 1 aliphatic carbocycles. The van der Waals surface area contributed by atoms with Crippen LogP contribution < -0.4 is 0 Å². The Hall–Kier alpha value is -1.09. The Morgan fingerprint density at radius 1 is 0.905 bits per heavy atom. The number of hydrogen-bond donors (Lipinski definition) is 0. The first-order valence-electron chi connectivity index (χ1n) is 7.51. The molecule has 2 heterocycles. The molecule has 2 aromatic rings. The van der Waals surface area contributed by atoms with Crippen LogP contribution in [0, 0.1) is 29.2 Å². The van der Waals surface area contributed by atoms with Gasteiger partial charge in [0, 0.05) is 17.1 Å². The molecule has 0 aromatic carbocycles. The van der Waals surface area contributed by atoms with Crippen molar-refractivity contribution in [1.82, 2.24) is 9.22 Å². The number of fused-ring (bicyclic) bond motifs is 1. The number of pyridine rings is 1. The topological polar surface area (TPSA) is 17.8 Å². The molecule has 0 aliphatic heterocycles. The molecule has 0 unspecified atom stereocenters. The second-order valence-electron chi connectivity index (χ2n) is 6.54. The van der Waals surface area contributed by atoms with Crippen LogP contribution in [0.4, 0.5) is 0 Å². The Morgan fingerprint density at radius 2 is 1.52 bits per heavy atom. The van der Waals surface area contributed by atoms with E-state index >= 15 is 0 Å². The van der Waals surface area contributed by atoms with Gasteiger partial charge >= 0.3 is 0 Å². The zero-order valence-corrected chi connectivity index (χ0v) is 14.8. The first-order valence-corrected chi connectivity index (χ1v) is 10.5. The number of nitrogens with zero attached hydrogens (tertiary/aromatic N) is 2. The molecular formula is C18H23N2Si. The van der Waals surface area contributed by atoms with E-state index in [0.29, 0.717) is 0 Å². The van der Waals surface area contributed by atoms with Crippen molar-refractivity contribution >= 4 is 19.3 Å². The maximum absolute atomic E-state index is 4.62. The van der Waals surface area contributed by atoms with Crippen LogP contribution in [0.3, 0.4) is 0 Å². The van der Waals surface area contributed by atoms with Gasteiger partial charge in [-0.15, -0.1) is 0 Å². The minimum Gasteiger partial charge on any atom is -0.359 e. The third-order valence-electron chi connectivity index (χ3n) is 5.10. The lowest BCUT2D eigenvalue weighted by atomic mass is 9.92. The van der Waals surface area contributed by atoms with E-state index in [1.54, 1.807) is 5.54 Å². The summed E-state index contributed by atoms with van der Waals surface area (Å²) >= 11 is 0. The molecule has 2 aromatic heterocycles. The van der Waals surface area contributed by atoms with Crippen molar-refractivity contribution in [3.05, 3.63) is 59.8 Å². The highest BCUT2D eigenvalue weighted by Gasteiger charge is 2.52. The summed E-state index contributed by atoms with van der Waals surface area (Å²) in [6.07, 6.45) is 4.12. The fraction of sp³-hybridized carbons (Fsp3) is 0.333. The van der Waals surface area contributed by atoms with E-state index < -0.39 is 8.24 Å². The van der Waals surface area contributed by atoms with Crippen LogP contribution in [0.1, 0.15) is 27.7 Å². The van der Waals surface area contributed by atoms with Crippen molar-refractivity contribution in [3.63, 3.8) is 0 Å². The molecule has 21 heavy (non-hydrogen) atoms. The Kier molecular flexibility index (Phi) is 3.51. The molecule has 5 radical (unpaired) electrons. The molecule has 1 saturated carbocycles. The van der Waals surface area contributed by atoms with E-state index in [1.165, 1.54) is 29.1 Å². The van der Waals surface area contributed by atoms with Crippen molar-refractivity contribution in [2.75, 3.05) is 0 Å². The average Bonchev–Trinajstić information content (AvgIpc) is 2.96. The monoisotopic (exact) mass is 295 g/mol. The molecule has 0 spiro atoms. The second-order valence-corrected chi connectivity index (χ2v) is 10.6. The van der Waals surface area contributed by atoms with Crippen molar-refractivity contribution in [3.8, 4) is 0 Å².